The lowest BCUT2D eigenvalue weighted by Gasteiger charge is -2.16. The summed E-state index contributed by atoms with van der Waals surface area (Å²) in [6, 6.07) is 0. The van der Waals surface area contributed by atoms with E-state index in [0.717, 1.165) is 0 Å². The van der Waals surface area contributed by atoms with Crippen LogP contribution in [0.1, 0.15) is 6.42 Å². The van der Waals surface area contributed by atoms with Crippen LogP contribution in [0.2, 0.25) is 0 Å². The molecule has 0 saturated carbocycles. The summed E-state index contributed by atoms with van der Waals surface area (Å²) in [7, 11) is 0. The lowest BCUT2D eigenvalue weighted by atomic mass is 10.2. The van der Waals surface area contributed by atoms with Crippen LogP contribution in [0.25, 0.3) is 0 Å². The zero-order valence-electron chi connectivity index (χ0n) is 5.93. The minimum atomic E-state index is -2.76. The Hall–Kier alpha value is -0.830. The molecule has 0 heterocycles. The highest BCUT2D eigenvalue weighted by Gasteiger charge is 2.39. The molecule has 0 aromatic rings. The van der Waals surface area contributed by atoms with Crippen molar-refractivity contribution in [1.29, 1.82) is 0 Å². The molecule has 1 unspecified atom stereocenters. The molecule has 72 valence electrons. The van der Waals surface area contributed by atoms with Gasteiger partial charge in [0.05, 0.1) is 0 Å². The first-order chi connectivity index (χ1) is 4.92. The molecule has 12 heavy (non-hydrogen) atoms. The van der Waals surface area contributed by atoms with Gasteiger partial charge in [-0.3, -0.25) is 8.98 Å². The number of aliphatic hydroxyl groups is 1. The highest BCUT2D eigenvalue weighted by atomic mass is 32.1. The van der Waals surface area contributed by atoms with Gasteiger partial charge in [-0.05, 0) is 12.9 Å². The first-order valence-electron chi connectivity index (χ1n) is 2.42. The summed E-state index contributed by atoms with van der Waals surface area (Å²) in [6.45, 7) is 0. The molecule has 6 N–H and O–H groups in total. The van der Waals surface area contributed by atoms with Gasteiger partial charge in [0.2, 0.25) is 0 Å². The van der Waals surface area contributed by atoms with E-state index in [2.05, 4.69) is 17.1 Å². The van der Waals surface area contributed by atoms with Crippen molar-refractivity contribution < 1.29 is 29.1 Å². The summed E-state index contributed by atoms with van der Waals surface area (Å²) in [5, 5.41) is 25.1. The molecule has 8 heteroatoms. The van der Waals surface area contributed by atoms with Gasteiger partial charge in [-0.1, -0.05) is 0 Å². The number of carboxylic acids is 2. The molecule has 0 radical (unpaired) electrons. The van der Waals surface area contributed by atoms with E-state index in [1.165, 1.54) is 0 Å². The second-order valence-electron chi connectivity index (χ2n) is 1.75. The molecule has 0 rings (SSSR count). The molecule has 0 aliphatic heterocycles. The summed E-state index contributed by atoms with van der Waals surface area (Å²) >= 11 is 3.02. The van der Waals surface area contributed by atoms with E-state index in [9.17, 15) is 9.59 Å². The monoisotopic (exact) mass is 199 g/mol. The normalized spacial score (nSPS) is 14.2. The van der Waals surface area contributed by atoms with Gasteiger partial charge in [-0.15, -0.1) is 0 Å². The zero-order chi connectivity index (χ0) is 9.07. The predicted octanol–water partition coefficient (Wildman–Crippen LogP) is -0.742. The average molecular weight is 199 g/mol. The Morgan fingerprint density at radius 3 is 1.92 bits per heavy atom. The highest BCUT2D eigenvalue weighted by molar-refractivity contribution is 7.75. The van der Waals surface area contributed by atoms with Crippen LogP contribution >= 0.6 is 12.9 Å². The van der Waals surface area contributed by atoms with Gasteiger partial charge in [-0.25, -0.2) is 4.79 Å². The van der Waals surface area contributed by atoms with Crippen molar-refractivity contribution in [2.24, 2.45) is 0 Å². The van der Waals surface area contributed by atoms with Gasteiger partial charge in [-0.2, -0.15) is 0 Å². The Labute approximate surface area is 73.2 Å². The number of rotatable bonds is 4. The van der Waals surface area contributed by atoms with Gasteiger partial charge in [0, 0.05) is 0 Å². The van der Waals surface area contributed by atoms with E-state index in [1.807, 2.05) is 0 Å². The third kappa shape index (κ3) is 3.53. The number of thiol groups is 1. The van der Waals surface area contributed by atoms with E-state index in [-0.39, 0.29) is 6.15 Å². The molecule has 0 aromatic heterocycles. The summed E-state index contributed by atoms with van der Waals surface area (Å²) in [5.41, 5.74) is 0. The van der Waals surface area contributed by atoms with Gasteiger partial charge >= 0.3 is 11.9 Å². The first-order valence-corrected chi connectivity index (χ1v) is 2.79. The fraction of sp³-hybridized carbons (Fsp3) is 0.500. The van der Waals surface area contributed by atoms with Crippen molar-refractivity contribution in [3.05, 3.63) is 0 Å². The smallest absolute Gasteiger partial charge is 0.365 e. The standard InChI is InChI=1S/C4H6O6S.H3N/c5-2(6)1-4(9,10-11)3(7)8;/h9,11H,1H2,(H,5,6)(H,7,8);1H3. The predicted molar refractivity (Wildman–Crippen MR) is 39.9 cm³/mol. The Kier molecular flexibility index (Phi) is 5.64. The van der Waals surface area contributed by atoms with Crippen LogP contribution in [-0.2, 0) is 13.8 Å². The van der Waals surface area contributed by atoms with Crippen molar-refractivity contribution in [2.75, 3.05) is 0 Å². The fourth-order valence-corrected chi connectivity index (χ4v) is 0.495. The van der Waals surface area contributed by atoms with Crippen LogP contribution in [0.4, 0.5) is 0 Å². The maximum atomic E-state index is 10.1. The van der Waals surface area contributed by atoms with Crippen LogP contribution in [0, 0.1) is 0 Å². The molecular formula is C4H9NO6S. The van der Waals surface area contributed by atoms with E-state index in [0.29, 0.717) is 0 Å². The molecular weight excluding hydrogens is 190 g/mol. The van der Waals surface area contributed by atoms with Crippen LogP contribution < -0.4 is 6.15 Å². The van der Waals surface area contributed by atoms with Crippen molar-refractivity contribution >= 4 is 24.8 Å². The van der Waals surface area contributed by atoms with Crippen LogP contribution in [0.3, 0.4) is 0 Å². The summed E-state index contributed by atoms with van der Waals surface area (Å²) in [4.78, 5) is 20.0. The Balaban J connectivity index is 0. The third-order valence-corrected chi connectivity index (χ3v) is 1.18. The minimum Gasteiger partial charge on any atom is -0.481 e. The number of carboxylic acid groups (broad SMARTS) is 2. The maximum absolute atomic E-state index is 10.1. The van der Waals surface area contributed by atoms with E-state index in [4.69, 9.17) is 15.3 Å². The van der Waals surface area contributed by atoms with Crippen molar-refractivity contribution in [1.82, 2.24) is 6.15 Å². The Morgan fingerprint density at radius 1 is 1.42 bits per heavy atom. The van der Waals surface area contributed by atoms with Crippen molar-refractivity contribution in [2.45, 2.75) is 12.2 Å². The van der Waals surface area contributed by atoms with Crippen LogP contribution in [0.5, 0.6) is 0 Å². The van der Waals surface area contributed by atoms with Gasteiger partial charge in [0.1, 0.15) is 6.42 Å². The molecule has 0 amide bonds. The van der Waals surface area contributed by atoms with E-state index < -0.39 is 24.1 Å². The molecule has 7 nitrogen and oxygen atoms in total. The molecule has 1 atom stereocenters. The van der Waals surface area contributed by atoms with Crippen LogP contribution in [-0.4, -0.2) is 33.0 Å². The SMILES string of the molecule is N.O=C(O)CC(O)(OS)C(=O)O. The molecule has 0 aliphatic rings. The Bertz CT molecular complexity index is 184. The molecule has 0 bridgehead atoms. The summed E-state index contributed by atoms with van der Waals surface area (Å²) in [5.74, 6) is -6.05. The molecule has 0 spiro atoms. The Morgan fingerprint density at radius 2 is 1.83 bits per heavy atom. The van der Waals surface area contributed by atoms with Gasteiger partial charge < -0.3 is 21.5 Å². The van der Waals surface area contributed by atoms with Crippen LogP contribution in [0.15, 0.2) is 0 Å². The maximum Gasteiger partial charge on any atom is 0.365 e. The lowest BCUT2D eigenvalue weighted by Crippen LogP contribution is -2.41. The minimum absolute atomic E-state index is 0. The number of hydrogen-bond acceptors (Lipinski definition) is 6. The quantitative estimate of drug-likeness (QED) is 0.228. The van der Waals surface area contributed by atoms with Gasteiger partial charge in [0.15, 0.2) is 0 Å². The average Bonchev–Trinajstić information content (AvgIpc) is 1.86. The third-order valence-electron chi connectivity index (χ3n) is 0.876. The molecule has 0 saturated heterocycles. The van der Waals surface area contributed by atoms with Gasteiger partial charge in [0.25, 0.3) is 5.79 Å². The fourth-order valence-electron chi connectivity index (χ4n) is 0.352. The number of aliphatic carboxylic acids is 2. The van der Waals surface area contributed by atoms with Crippen molar-refractivity contribution in [3.8, 4) is 0 Å². The lowest BCUT2D eigenvalue weighted by molar-refractivity contribution is -0.195. The summed E-state index contributed by atoms with van der Waals surface area (Å²) in [6.07, 6.45) is -1.06. The zero-order valence-corrected chi connectivity index (χ0v) is 6.82. The number of hydrogen-bond donors (Lipinski definition) is 5. The second kappa shape index (κ2) is 4.93. The molecule has 0 aromatic carbocycles. The summed E-state index contributed by atoms with van der Waals surface area (Å²) < 4.78 is 3.78. The number of carbonyl (C=O) groups is 2. The largest absolute Gasteiger partial charge is 0.481 e. The molecule has 0 aliphatic carbocycles. The topological polar surface area (TPSA) is 139 Å². The van der Waals surface area contributed by atoms with Crippen molar-refractivity contribution in [3.63, 3.8) is 0 Å². The van der Waals surface area contributed by atoms with E-state index >= 15 is 0 Å². The highest BCUT2D eigenvalue weighted by Crippen LogP contribution is 2.14. The molecule has 0 fully saturated rings. The van der Waals surface area contributed by atoms with E-state index in [1.54, 1.807) is 0 Å². The second-order valence-corrected chi connectivity index (χ2v) is 1.93. The first kappa shape index (κ1) is 13.7.